The Morgan fingerprint density at radius 2 is 2.47 bits per heavy atom. The van der Waals surface area contributed by atoms with Crippen LogP contribution >= 0.6 is 15.9 Å². The lowest BCUT2D eigenvalue weighted by molar-refractivity contribution is 0.198. The molecule has 0 N–H and O–H groups in total. The smallest absolute Gasteiger partial charge is 0.138 e. The lowest BCUT2D eigenvalue weighted by Gasteiger charge is -2.19. The molecule has 1 aliphatic heterocycles. The third kappa shape index (κ3) is 2.92. The Morgan fingerprint density at radius 3 is 3.13 bits per heavy atom. The van der Waals surface area contributed by atoms with Gasteiger partial charge < -0.3 is 9.64 Å². The van der Waals surface area contributed by atoms with E-state index in [2.05, 4.69) is 32.9 Å². The molecule has 82 valence electrons. The van der Waals surface area contributed by atoms with Gasteiger partial charge in [-0.25, -0.2) is 0 Å². The summed E-state index contributed by atoms with van der Waals surface area (Å²) < 4.78 is 6.67. The van der Waals surface area contributed by atoms with Gasteiger partial charge in [-0.3, -0.25) is 4.98 Å². The summed E-state index contributed by atoms with van der Waals surface area (Å²) in [5.41, 5.74) is 0. The minimum absolute atomic E-state index is 0.559. The van der Waals surface area contributed by atoms with Crippen molar-refractivity contribution < 1.29 is 4.74 Å². The van der Waals surface area contributed by atoms with Crippen LogP contribution < -0.4 is 4.74 Å². The van der Waals surface area contributed by atoms with Crippen LogP contribution in [-0.4, -0.2) is 36.1 Å². The Labute approximate surface area is 98.6 Å². The number of aromatic nitrogens is 1. The van der Waals surface area contributed by atoms with Gasteiger partial charge in [0.2, 0.25) is 0 Å². The molecule has 0 unspecified atom stereocenters. The summed E-state index contributed by atoms with van der Waals surface area (Å²) in [6.07, 6.45) is 6.02. The minimum atomic E-state index is 0.559. The lowest BCUT2D eigenvalue weighted by atomic mass is 10.2. The normalized spacial score (nSPS) is 21.9. The van der Waals surface area contributed by atoms with E-state index in [0.717, 1.165) is 16.8 Å². The van der Waals surface area contributed by atoms with Crippen molar-refractivity contribution in [1.29, 1.82) is 0 Å². The first-order chi connectivity index (χ1) is 7.25. The molecular formula is C11H15BrN2O. The van der Waals surface area contributed by atoms with E-state index in [1.165, 1.54) is 19.4 Å². The van der Waals surface area contributed by atoms with Gasteiger partial charge in [0.25, 0.3) is 0 Å². The van der Waals surface area contributed by atoms with Crippen LogP contribution in [-0.2, 0) is 0 Å². The van der Waals surface area contributed by atoms with Crippen LogP contribution in [0.25, 0.3) is 0 Å². The second-order valence-corrected chi connectivity index (χ2v) is 4.84. The fraction of sp³-hybridized carbons (Fsp3) is 0.545. The van der Waals surface area contributed by atoms with Crippen molar-refractivity contribution in [3.8, 4) is 5.75 Å². The van der Waals surface area contributed by atoms with Crippen molar-refractivity contribution in [2.24, 2.45) is 0 Å². The zero-order valence-corrected chi connectivity index (χ0v) is 10.4. The van der Waals surface area contributed by atoms with E-state index in [1.54, 1.807) is 12.4 Å². The van der Waals surface area contributed by atoms with E-state index >= 15 is 0 Å². The first-order valence-corrected chi connectivity index (χ1v) is 5.98. The van der Waals surface area contributed by atoms with Crippen LogP contribution in [0.4, 0.5) is 0 Å². The van der Waals surface area contributed by atoms with Gasteiger partial charge in [0, 0.05) is 16.7 Å². The van der Waals surface area contributed by atoms with Crippen LogP contribution in [0.2, 0.25) is 0 Å². The summed E-state index contributed by atoms with van der Waals surface area (Å²) in [7, 11) is 2.15. The highest BCUT2D eigenvalue weighted by Crippen LogP contribution is 2.19. The first-order valence-electron chi connectivity index (χ1n) is 5.19. The average molecular weight is 271 g/mol. The topological polar surface area (TPSA) is 25.4 Å². The van der Waals surface area contributed by atoms with Crippen molar-refractivity contribution in [3.63, 3.8) is 0 Å². The molecule has 3 nitrogen and oxygen atoms in total. The summed E-state index contributed by atoms with van der Waals surface area (Å²) in [6, 6.07) is 2.51. The van der Waals surface area contributed by atoms with E-state index in [4.69, 9.17) is 4.74 Å². The predicted octanol–water partition coefficient (Wildman–Crippen LogP) is 2.32. The highest BCUT2D eigenvalue weighted by atomic mass is 79.9. The number of rotatable bonds is 3. The number of halogens is 1. The van der Waals surface area contributed by atoms with Crippen molar-refractivity contribution in [2.45, 2.75) is 18.9 Å². The highest BCUT2D eigenvalue weighted by molar-refractivity contribution is 9.10. The number of nitrogens with zero attached hydrogens (tertiary/aromatic N) is 2. The van der Waals surface area contributed by atoms with Crippen molar-refractivity contribution in [2.75, 3.05) is 20.2 Å². The monoisotopic (exact) mass is 270 g/mol. The molecule has 1 fully saturated rings. The number of hydrogen-bond donors (Lipinski definition) is 0. The van der Waals surface area contributed by atoms with Crippen LogP contribution in [0.3, 0.4) is 0 Å². The van der Waals surface area contributed by atoms with Gasteiger partial charge in [0.05, 0.1) is 6.20 Å². The molecule has 0 saturated carbocycles. The Morgan fingerprint density at radius 1 is 1.60 bits per heavy atom. The number of hydrogen-bond acceptors (Lipinski definition) is 3. The van der Waals surface area contributed by atoms with Gasteiger partial charge in [-0.05, 0) is 48.4 Å². The van der Waals surface area contributed by atoms with Gasteiger partial charge >= 0.3 is 0 Å². The SMILES string of the molecule is CN1CCC[C@H]1COc1cncc(Br)c1. The quantitative estimate of drug-likeness (QED) is 0.843. The van der Waals surface area contributed by atoms with Gasteiger partial charge in [-0.1, -0.05) is 0 Å². The van der Waals surface area contributed by atoms with E-state index in [0.29, 0.717) is 6.04 Å². The zero-order valence-electron chi connectivity index (χ0n) is 8.82. The molecule has 0 aliphatic carbocycles. The van der Waals surface area contributed by atoms with E-state index in [1.807, 2.05) is 6.07 Å². The maximum atomic E-state index is 5.71. The van der Waals surface area contributed by atoms with E-state index in [-0.39, 0.29) is 0 Å². The van der Waals surface area contributed by atoms with E-state index in [9.17, 15) is 0 Å². The Hall–Kier alpha value is -0.610. The third-order valence-electron chi connectivity index (χ3n) is 2.79. The van der Waals surface area contributed by atoms with Gasteiger partial charge in [0.15, 0.2) is 0 Å². The predicted molar refractivity (Wildman–Crippen MR) is 63.1 cm³/mol. The largest absolute Gasteiger partial charge is 0.490 e. The number of ether oxygens (including phenoxy) is 1. The number of likely N-dealkylation sites (tertiary alicyclic amines) is 1. The Balaban J connectivity index is 1.87. The van der Waals surface area contributed by atoms with Crippen LogP contribution in [0.5, 0.6) is 5.75 Å². The molecule has 0 aromatic carbocycles. The average Bonchev–Trinajstić information content (AvgIpc) is 2.61. The van der Waals surface area contributed by atoms with Gasteiger partial charge in [-0.15, -0.1) is 0 Å². The van der Waals surface area contributed by atoms with Crippen molar-refractivity contribution in [1.82, 2.24) is 9.88 Å². The fourth-order valence-corrected chi connectivity index (χ4v) is 2.20. The van der Waals surface area contributed by atoms with Crippen LogP contribution in [0.15, 0.2) is 22.9 Å². The Kier molecular flexibility index (Phi) is 3.59. The maximum absolute atomic E-state index is 5.71. The Bertz CT molecular complexity index is 332. The second-order valence-electron chi connectivity index (χ2n) is 3.93. The summed E-state index contributed by atoms with van der Waals surface area (Å²) in [6.45, 7) is 1.94. The fourth-order valence-electron chi connectivity index (χ4n) is 1.85. The van der Waals surface area contributed by atoms with Crippen molar-refractivity contribution in [3.05, 3.63) is 22.9 Å². The molecule has 0 amide bonds. The molecule has 1 aliphatic rings. The molecule has 4 heteroatoms. The number of likely N-dealkylation sites (N-methyl/N-ethyl adjacent to an activating group) is 1. The summed E-state index contributed by atoms with van der Waals surface area (Å²) in [4.78, 5) is 6.42. The van der Waals surface area contributed by atoms with Crippen molar-refractivity contribution >= 4 is 15.9 Å². The molecular weight excluding hydrogens is 256 g/mol. The standard InChI is InChI=1S/C11H15BrN2O/c1-14-4-2-3-10(14)8-15-11-5-9(12)6-13-7-11/h5-7,10H,2-4,8H2,1H3/t10-/m0/s1. The molecule has 1 aromatic heterocycles. The molecule has 0 bridgehead atoms. The second kappa shape index (κ2) is 4.94. The summed E-state index contributed by atoms with van der Waals surface area (Å²) >= 11 is 3.37. The molecule has 0 spiro atoms. The number of pyridine rings is 1. The summed E-state index contributed by atoms with van der Waals surface area (Å²) in [5.74, 6) is 0.838. The third-order valence-corrected chi connectivity index (χ3v) is 3.23. The maximum Gasteiger partial charge on any atom is 0.138 e. The van der Waals surface area contributed by atoms with Crippen LogP contribution in [0.1, 0.15) is 12.8 Å². The van der Waals surface area contributed by atoms with E-state index < -0.39 is 0 Å². The van der Waals surface area contributed by atoms with Crippen LogP contribution in [0, 0.1) is 0 Å². The summed E-state index contributed by atoms with van der Waals surface area (Å²) in [5, 5.41) is 0. The molecule has 15 heavy (non-hydrogen) atoms. The van der Waals surface area contributed by atoms with Gasteiger partial charge in [-0.2, -0.15) is 0 Å². The first kappa shape index (κ1) is 10.9. The zero-order chi connectivity index (χ0) is 10.7. The molecule has 1 aromatic rings. The molecule has 0 radical (unpaired) electrons. The molecule has 2 rings (SSSR count). The minimum Gasteiger partial charge on any atom is -0.490 e. The molecule has 2 heterocycles. The molecule has 1 atom stereocenters. The highest BCUT2D eigenvalue weighted by Gasteiger charge is 2.21. The lowest BCUT2D eigenvalue weighted by Crippen LogP contribution is -2.30. The van der Waals surface area contributed by atoms with Gasteiger partial charge in [0.1, 0.15) is 12.4 Å². The molecule has 1 saturated heterocycles.